The zero-order valence-corrected chi connectivity index (χ0v) is 17.2. The van der Waals surface area contributed by atoms with Crippen LogP contribution in [0.25, 0.3) is 22.0 Å². The molecule has 0 bridgehead atoms. The van der Waals surface area contributed by atoms with Gasteiger partial charge in [0.25, 0.3) is 0 Å². The van der Waals surface area contributed by atoms with E-state index in [1.54, 1.807) is 35.0 Å². The van der Waals surface area contributed by atoms with Gasteiger partial charge < -0.3 is 15.4 Å². The molecule has 0 aliphatic carbocycles. The molecule has 1 heterocycles. The number of alkyl halides is 5. The molecule has 31 heavy (non-hydrogen) atoms. The quantitative estimate of drug-likeness (QED) is 0.349. The summed E-state index contributed by atoms with van der Waals surface area (Å²) >= 11 is 5.02. The summed E-state index contributed by atoms with van der Waals surface area (Å²) in [7, 11) is 0. The third-order valence-corrected chi connectivity index (χ3v) is 5.30. The second-order valence-corrected chi connectivity index (χ2v) is 7.87. The standard InChI is InChI=1S/C22H21F5N2OS/c23-9-13(10-24)11-29-12-18(14-2-1-3-16(6-14)21(28)31)17-5-4-15(7-19(17)29)20(30)8-22(25,26)27/h1-7,12-13,20,30H,8-11H2,(H2,28,31). The number of halogens is 5. The lowest BCUT2D eigenvalue weighted by atomic mass is 10.00. The normalized spacial score (nSPS) is 13.1. The first-order chi connectivity index (χ1) is 14.6. The van der Waals surface area contributed by atoms with Crippen molar-refractivity contribution in [2.24, 2.45) is 11.7 Å². The fourth-order valence-electron chi connectivity index (χ4n) is 3.49. The molecule has 0 amide bonds. The molecule has 0 aliphatic heterocycles. The van der Waals surface area contributed by atoms with Crippen LogP contribution < -0.4 is 5.73 Å². The van der Waals surface area contributed by atoms with E-state index < -0.39 is 38.0 Å². The van der Waals surface area contributed by atoms with Crippen molar-refractivity contribution >= 4 is 28.1 Å². The molecule has 0 spiro atoms. The molecule has 9 heteroatoms. The molecule has 0 saturated carbocycles. The van der Waals surface area contributed by atoms with Gasteiger partial charge in [-0.3, -0.25) is 8.78 Å². The Balaban J connectivity index is 2.13. The highest BCUT2D eigenvalue weighted by Crippen LogP contribution is 2.35. The van der Waals surface area contributed by atoms with Gasteiger partial charge in [-0.15, -0.1) is 0 Å². The predicted molar refractivity (Wildman–Crippen MR) is 114 cm³/mol. The molecule has 0 saturated heterocycles. The van der Waals surface area contributed by atoms with Crippen LogP contribution >= 0.6 is 12.2 Å². The van der Waals surface area contributed by atoms with E-state index in [1.807, 2.05) is 6.07 Å². The molecule has 3 aromatic rings. The van der Waals surface area contributed by atoms with Crippen molar-refractivity contribution < 1.29 is 27.1 Å². The summed E-state index contributed by atoms with van der Waals surface area (Å²) in [6.45, 7) is -1.75. The summed E-state index contributed by atoms with van der Waals surface area (Å²) in [5.41, 5.74) is 8.34. The van der Waals surface area contributed by atoms with Crippen LogP contribution in [0.5, 0.6) is 0 Å². The highest BCUT2D eigenvalue weighted by atomic mass is 32.1. The van der Waals surface area contributed by atoms with E-state index in [9.17, 15) is 27.1 Å². The van der Waals surface area contributed by atoms with Crippen LogP contribution in [0.3, 0.4) is 0 Å². The number of benzene rings is 2. The average Bonchev–Trinajstić information content (AvgIpc) is 3.08. The van der Waals surface area contributed by atoms with Crippen LogP contribution in [0, 0.1) is 5.92 Å². The maximum atomic E-state index is 13.2. The first-order valence-corrected chi connectivity index (χ1v) is 9.93. The molecule has 0 aliphatic rings. The van der Waals surface area contributed by atoms with Crippen molar-refractivity contribution in [1.29, 1.82) is 0 Å². The van der Waals surface area contributed by atoms with Gasteiger partial charge in [-0.05, 0) is 23.3 Å². The fraction of sp³-hybridized carbons (Fsp3) is 0.318. The predicted octanol–water partition coefficient (Wildman–Crippen LogP) is 5.48. The molecule has 166 valence electrons. The van der Waals surface area contributed by atoms with Gasteiger partial charge in [0.15, 0.2) is 0 Å². The summed E-state index contributed by atoms with van der Waals surface area (Å²) in [6.07, 6.45) is -5.97. The highest BCUT2D eigenvalue weighted by Gasteiger charge is 2.32. The molecule has 1 unspecified atom stereocenters. The zero-order valence-electron chi connectivity index (χ0n) is 16.4. The van der Waals surface area contributed by atoms with Crippen LogP contribution in [-0.2, 0) is 6.54 Å². The van der Waals surface area contributed by atoms with Gasteiger partial charge >= 0.3 is 6.18 Å². The number of nitrogens with zero attached hydrogens (tertiary/aromatic N) is 1. The van der Waals surface area contributed by atoms with E-state index >= 15 is 0 Å². The van der Waals surface area contributed by atoms with Gasteiger partial charge in [0.2, 0.25) is 0 Å². The Morgan fingerprint density at radius 2 is 1.81 bits per heavy atom. The van der Waals surface area contributed by atoms with Crippen molar-refractivity contribution in [3.8, 4) is 11.1 Å². The number of nitrogens with two attached hydrogens (primary N) is 1. The maximum absolute atomic E-state index is 13.2. The van der Waals surface area contributed by atoms with E-state index in [-0.39, 0.29) is 17.1 Å². The lowest BCUT2D eigenvalue weighted by Crippen LogP contribution is -2.15. The highest BCUT2D eigenvalue weighted by molar-refractivity contribution is 7.80. The Kier molecular flexibility index (Phi) is 6.96. The minimum absolute atomic E-state index is 0.00267. The number of hydrogen-bond acceptors (Lipinski definition) is 2. The fourth-order valence-corrected chi connectivity index (χ4v) is 3.62. The Bertz CT molecular complexity index is 1080. The topological polar surface area (TPSA) is 51.2 Å². The largest absolute Gasteiger partial charge is 0.391 e. The van der Waals surface area contributed by atoms with E-state index in [2.05, 4.69) is 0 Å². The third-order valence-electron chi connectivity index (χ3n) is 5.07. The van der Waals surface area contributed by atoms with Crippen LogP contribution in [0.1, 0.15) is 23.7 Å². The summed E-state index contributed by atoms with van der Waals surface area (Å²) in [5.74, 6) is -0.893. The van der Waals surface area contributed by atoms with E-state index in [0.717, 1.165) is 5.56 Å². The summed E-state index contributed by atoms with van der Waals surface area (Å²) in [4.78, 5) is 0.207. The van der Waals surface area contributed by atoms with Crippen LogP contribution in [0.4, 0.5) is 22.0 Å². The minimum Gasteiger partial charge on any atom is -0.389 e. The lowest BCUT2D eigenvalue weighted by molar-refractivity contribution is -0.154. The van der Waals surface area contributed by atoms with Crippen molar-refractivity contribution in [3.05, 3.63) is 59.8 Å². The van der Waals surface area contributed by atoms with Gasteiger partial charge in [0.1, 0.15) is 4.99 Å². The Morgan fingerprint density at radius 3 is 2.42 bits per heavy atom. The molecule has 1 atom stereocenters. The van der Waals surface area contributed by atoms with Crippen LogP contribution in [0.2, 0.25) is 0 Å². The number of aliphatic hydroxyl groups is 1. The van der Waals surface area contributed by atoms with Crippen molar-refractivity contribution in [2.75, 3.05) is 13.3 Å². The molecule has 0 radical (unpaired) electrons. The van der Waals surface area contributed by atoms with E-state index in [0.29, 0.717) is 22.0 Å². The first kappa shape index (κ1) is 23.1. The van der Waals surface area contributed by atoms with E-state index in [4.69, 9.17) is 18.0 Å². The second-order valence-electron chi connectivity index (χ2n) is 7.43. The molecule has 1 aromatic heterocycles. The second kappa shape index (κ2) is 9.32. The molecule has 2 aromatic carbocycles. The van der Waals surface area contributed by atoms with Gasteiger partial charge in [-0.2, -0.15) is 13.2 Å². The van der Waals surface area contributed by atoms with Gasteiger partial charge in [0.05, 0.1) is 25.9 Å². The van der Waals surface area contributed by atoms with Crippen molar-refractivity contribution in [2.45, 2.75) is 25.2 Å². The molecular formula is C22H21F5N2OS. The molecule has 3 rings (SSSR count). The number of fused-ring (bicyclic) bond motifs is 1. The summed E-state index contributed by atoms with van der Waals surface area (Å²) in [5, 5.41) is 10.7. The summed E-state index contributed by atoms with van der Waals surface area (Å²) < 4.78 is 66.0. The van der Waals surface area contributed by atoms with Crippen molar-refractivity contribution in [1.82, 2.24) is 4.57 Å². The minimum atomic E-state index is -4.53. The number of rotatable bonds is 8. The van der Waals surface area contributed by atoms with Crippen LogP contribution in [0.15, 0.2) is 48.7 Å². The number of hydrogen-bond donors (Lipinski definition) is 2. The maximum Gasteiger partial charge on any atom is 0.391 e. The Labute approximate surface area is 181 Å². The smallest absolute Gasteiger partial charge is 0.389 e. The molecule has 3 N–H and O–H groups in total. The van der Waals surface area contributed by atoms with Crippen molar-refractivity contribution in [3.63, 3.8) is 0 Å². The average molecular weight is 456 g/mol. The third kappa shape index (κ3) is 5.40. The van der Waals surface area contributed by atoms with E-state index in [1.165, 1.54) is 12.1 Å². The Hall–Kier alpha value is -2.52. The van der Waals surface area contributed by atoms with Gasteiger partial charge in [-0.1, -0.05) is 42.5 Å². The zero-order chi connectivity index (χ0) is 22.8. The summed E-state index contributed by atoms with van der Waals surface area (Å²) in [6, 6.07) is 11.6. The number of aromatic nitrogens is 1. The SMILES string of the molecule is NC(=S)c1cccc(-c2cn(CC(CF)CF)c3cc(C(O)CC(F)(F)F)ccc23)c1. The molecule has 3 nitrogen and oxygen atoms in total. The Morgan fingerprint density at radius 1 is 1.10 bits per heavy atom. The number of thiocarbonyl (C=S) groups is 1. The van der Waals surface area contributed by atoms with Gasteiger partial charge in [-0.25, -0.2) is 0 Å². The lowest BCUT2D eigenvalue weighted by Gasteiger charge is -2.15. The molecule has 0 fully saturated rings. The van der Waals surface area contributed by atoms with Crippen LogP contribution in [-0.4, -0.2) is 34.2 Å². The van der Waals surface area contributed by atoms with Gasteiger partial charge in [0, 0.05) is 40.7 Å². The first-order valence-electron chi connectivity index (χ1n) is 9.52. The monoisotopic (exact) mass is 456 g/mol. The number of aliphatic hydroxyl groups excluding tert-OH is 1. The molecular weight excluding hydrogens is 435 g/mol.